The average molecular weight is 189 g/mol. The molecule has 6 heteroatoms. The molecule has 12 heavy (non-hydrogen) atoms. The Morgan fingerprint density at radius 2 is 2.33 bits per heavy atom. The van der Waals surface area contributed by atoms with Gasteiger partial charge in [-0.25, -0.2) is 4.72 Å². The molecule has 1 unspecified atom stereocenters. The van der Waals surface area contributed by atoms with Crippen molar-refractivity contribution in [2.75, 3.05) is 20.1 Å². The van der Waals surface area contributed by atoms with Crippen LogP contribution in [0.15, 0.2) is 0 Å². The maximum atomic E-state index is 11.2. The molecule has 1 rings (SSSR count). The molecule has 0 radical (unpaired) electrons. The highest BCUT2D eigenvalue weighted by atomic mass is 32.2. The van der Waals surface area contributed by atoms with Crippen molar-refractivity contribution in [2.24, 2.45) is 5.92 Å². The molecule has 0 spiro atoms. The van der Waals surface area contributed by atoms with Gasteiger partial charge >= 0.3 is 0 Å². The summed E-state index contributed by atoms with van der Waals surface area (Å²) >= 11 is 0. The zero-order chi connectivity index (χ0) is 9.19. The third-order valence-corrected chi connectivity index (χ3v) is 3.46. The fourth-order valence-corrected chi connectivity index (χ4v) is 2.16. The van der Waals surface area contributed by atoms with Gasteiger partial charge in [0.15, 0.2) is 0 Å². The largest absolute Gasteiger partial charge is 0.279 e. The first-order valence-electron chi connectivity index (χ1n) is 3.68. The fraction of sp³-hybridized carbons (Fsp3) is 0.833. The van der Waals surface area contributed by atoms with E-state index in [-0.39, 0.29) is 5.92 Å². The van der Waals surface area contributed by atoms with E-state index >= 15 is 0 Å². The summed E-state index contributed by atoms with van der Waals surface area (Å²) in [5.74, 6) is -0.145. The third kappa shape index (κ3) is 1.75. The molecular formula is C6H11N3O2S. The van der Waals surface area contributed by atoms with Crippen molar-refractivity contribution in [3.05, 3.63) is 0 Å². The van der Waals surface area contributed by atoms with Crippen molar-refractivity contribution in [1.82, 2.24) is 9.03 Å². The predicted molar refractivity (Wildman–Crippen MR) is 43.3 cm³/mol. The van der Waals surface area contributed by atoms with Crippen LogP contribution in [0.1, 0.15) is 6.42 Å². The molecule has 5 nitrogen and oxygen atoms in total. The summed E-state index contributed by atoms with van der Waals surface area (Å²) in [4.78, 5) is 0. The van der Waals surface area contributed by atoms with Gasteiger partial charge in [0.2, 0.25) is 0 Å². The molecule has 0 bridgehead atoms. The minimum atomic E-state index is -3.31. The number of hydrogen-bond acceptors (Lipinski definition) is 3. The van der Waals surface area contributed by atoms with Crippen LogP contribution in [0.3, 0.4) is 0 Å². The van der Waals surface area contributed by atoms with Crippen LogP contribution in [0.5, 0.6) is 0 Å². The number of hydrogen-bond donors (Lipinski definition) is 1. The van der Waals surface area contributed by atoms with E-state index in [0.29, 0.717) is 19.5 Å². The number of nitrogens with zero attached hydrogens (tertiary/aromatic N) is 2. The maximum absolute atomic E-state index is 11.2. The first-order valence-corrected chi connectivity index (χ1v) is 5.12. The van der Waals surface area contributed by atoms with Crippen LogP contribution >= 0.6 is 0 Å². The van der Waals surface area contributed by atoms with E-state index in [1.807, 2.05) is 0 Å². The highest BCUT2D eigenvalue weighted by Gasteiger charge is 2.29. The molecule has 1 aliphatic rings. The Bertz CT molecular complexity index is 292. The van der Waals surface area contributed by atoms with Gasteiger partial charge in [-0.3, -0.25) is 0 Å². The van der Waals surface area contributed by atoms with Crippen LogP contribution in [0.4, 0.5) is 0 Å². The van der Waals surface area contributed by atoms with E-state index in [0.717, 1.165) is 0 Å². The lowest BCUT2D eigenvalue weighted by molar-refractivity contribution is 0.464. The zero-order valence-electron chi connectivity index (χ0n) is 6.82. The molecule has 0 aliphatic carbocycles. The van der Waals surface area contributed by atoms with Gasteiger partial charge in [0.25, 0.3) is 10.2 Å². The summed E-state index contributed by atoms with van der Waals surface area (Å²) in [6, 6.07) is 2.06. The highest BCUT2D eigenvalue weighted by Crippen LogP contribution is 2.16. The van der Waals surface area contributed by atoms with Crippen molar-refractivity contribution in [1.29, 1.82) is 5.26 Å². The Morgan fingerprint density at radius 1 is 1.67 bits per heavy atom. The maximum Gasteiger partial charge on any atom is 0.279 e. The summed E-state index contributed by atoms with van der Waals surface area (Å²) in [5, 5.41) is 8.53. The van der Waals surface area contributed by atoms with E-state index in [1.165, 1.54) is 11.4 Å². The fourth-order valence-electron chi connectivity index (χ4n) is 1.18. The quantitative estimate of drug-likeness (QED) is 0.624. The van der Waals surface area contributed by atoms with Crippen LogP contribution in [0, 0.1) is 17.2 Å². The van der Waals surface area contributed by atoms with Crippen molar-refractivity contribution < 1.29 is 8.42 Å². The molecule has 0 amide bonds. The van der Waals surface area contributed by atoms with Gasteiger partial charge in [0, 0.05) is 20.1 Å². The third-order valence-electron chi connectivity index (χ3n) is 1.93. The Kier molecular flexibility index (Phi) is 2.67. The summed E-state index contributed by atoms with van der Waals surface area (Å²) in [7, 11) is -1.94. The monoisotopic (exact) mass is 189 g/mol. The molecule has 68 valence electrons. The number of nitrogens with one attached hydrogen (secondary N) is 1. The lowest BCUT2D eigenvalue weighted by atomic mass is 10.1. The summed E-state index contributed by atoms with van der Waals surface area (Å²) in [6.07, 6.45) is 0.636. The van der Waals surface area contributed by atoms with Gasteiger partial charge in [0.1, 0.15) is 0 Å². The first-order chi connectivity index (χ1) is 5.60. The predicted octanol–water partition coefficient (Wildman–Crippen LogP) is -0.704. The smallest absolute Gasteiger partial charge is 0.205 e. The molecule has 0 saturated carbocycles. The molecular weight excluding hydrogens is 178 g/mol. The Morgan fingerprint density at radius 3 is 2.75 bits per heavy atom. The van der Waals surface area contributed by atoms with Gasteiger partial charge < -0.3 is 0 Å². The second-order valence-electron chi connectivity index (χ2n) is 2.68. The summed E-state index contributed by atoms with van der Waals surface area (Å²) < 4.78 is 25.8. The molecule has 1 atom stereocenters. The Hall–Kier alpha value is -0.640. The van der Waals surface area contributed by atoms with Gasteiger partial charge in [-0.2, -0.15) is 18.0 Å². The van der Waals surface area contributed by atoms with Crippen LogP contribution in [0.25, 0.3) is 0 Å². The van der Waals surface area contributed by atoms with Crippen LogP contribution in [-0.2, 0) is 10.2 Å². The molecule has 1 N–H and O–H groups in total. The second-order valence-corrected chi connectivity index (χ2v) is 4.56. The topological polar surface area (TPSA) is 73.2 Å². The van der Waals surface area contributed by atoms with Gasteiger partial charge in [0.05, 0.1) is 12.0 Å². The van der Waals surface area contributed by atoms with E-state index in [1.54, 1.807) is 0 Å². The molecule has 1 fully saturated rings. The van der Waals surface area contributed by atoms with Gasteiger partial charge in [-0.15, -0.1) is 0 Å². The molecule has 0 aromatic carbocycles. The van der Waals surface area contributed by atoms with Gasteiger partial charge in [-0.05, 0) is 6.42 Å². The van der Waals surface area contributed by atoms with E-state index < -0.39 is 10.2 Å². The van der Waals surface area contributed by atoms with Crippen molar-refractivity contribution in [2.45, 2.75) is 6.42 Å². The SMILES string of the molecule is CNS(=O)(=O)N1CCC(C#N)C1. The Labute approximate surface area is 72.2 Å². The zero-order valence-corrected chi connectivity index (χ0v) is 7.63. The lowest BCUT2D eigenvalue weighted by Gasteiger charge is -2.13. The molecule has 0 aromatic heterocycles. The number of nitriles is 1. The van der Waals surface area contributed by atoms with E-state index in [9.17, 15) is 8.42 Å². The van der Waals surface area contributed by atoms with Crippen molar-refractivity contribution >= 4 is 10.2 Å². The molecule has 1 aliphatic heterocycles. The molecule has 1 saturated heterocycles. The van der Waals surface area contributed by atoms with Crippen LogP contribution in [0.2, 0.25) is 0 Å². The molecule has 0 aromatic rings. The normalized spacial score (nSPS) is 25.5. The van der Waals surface area contributed by atoms with Crippen LogP contribution in [-0.4, -0.2) is 32.9 Å². The van der Waals surface area contributed by atoms with E-state index in [2.05, 4.69) is 10.8 Å². The van der Waals surface area contributed by atoms with E-state index in [4.69, 9.17) is 5.26 Å². The standard InChI is InChI=1S/C6H11N3O2S/c1-8-12(10,11)9-3-2-6(4-7)5-9/h6,8H,2-3,5H2,1H3. The Balaban J connectivity index is 2.66. The highest BCUT2D eigenvalue weighted by molar-refractivity contribution is 7.87. The molecule has 1 heterocycles. The average Bonchev–Trinajstić information content (AvgIpc) is 2.52. The summed E-state index contributed by atoms with van der Waals surface area (Å²) in [5.41, 5.74) is 0. The minimum Gasteiger partial charge on any atom is -0.205 e. The van der Waals surface area contributed by atoms with Crippen LogP contribution < -0.4 is 4.72 Å². The lowest BCUT2D eigenvalue weighted by Crippen LogP contribution is -2.37. The second kappa shape index (κ2) is 3.39. The van der Waals surface area contributed by atoms with Crippen molar-refractivity contribution in [3.8, 4) is 6.07 Å². The van der Waals surface area contributed by atoms with Crippen molar-refractivity contribution in [3.63, 3.8) is 0 Å². The number of rotatable bonds is 2. The summed E-state index contributed by atoms with van der Waals surface area (Å²) in [6.45, 7) is 0.765. The van der Waals surface area contributed by atoms with Gasteiger partial charge in [-0.1, -0.05) is 0 Å². The first kappa shape index (κ1) is 9.45. The minimum absolute atomic E-state index is 0.145.